The molecular weight excluding hydrogens is 576 g/mol. The number of carbonyl (C=O) groups is 2. The Morgan fingerprint density at radius 3 is 2.27 bits per heavy atom. The number of aldehydes is 1. The first-order valence-corrected chi connectivity index (χ1v) is 17.3. The Morgan fingerprint density at radius 2 is 1.62 bits per heavy atom. The lowest BCUT2D eigenvalue weighted by molar-refractivity contribution is -0.327. The number of aliphatic hydroxyl groups excluding tert-OH is 4. The van der Waals surface area contributed by atoms with Gasteiger partial charge < -0.3 is 39.8 Å². The van der Waals surface area contributed by atoms with Crippen LogP contribution < -0.4 is 0 Å². The van der Waals surface area contributed by atoms with Crippen molar-refractivity contribution in [2.24, 2.45) is 50.2 Å². The molecular formula is C36H56O9. The topological polar surface area (TPSA) is 154 Å². The molecule has 45 heavy (non-hydrogen) atoms. The lowest BCUT2D eigenvalue weighted by Crippen LogP contribution is -2.66. The van der Waals surface area contributed by atoms with Crippen molar-refractivity contribution in [1.29, 1.82) is 0 Å². The van der Waals surface area contributed by atoms with Crippen molar-refractivity contribution in [2.45, 2.75) is 143 Å². The van der Waals surface area contributed by atoms with Gasteiger partial charge in [-0.15, -0.1) is 0 Å². The monoisotopic (exact) mass is 632 g/mol. The van der Waals surface area contributed by atoms with Gasteiger partial charge >= 0.3 is 5.97 Å². The fourth-order valence-corrected chi connectivity index (χ4v) is 12.1. The maximum atomic E-state index is 13.1. The molecule has 254 valence electrons. The van der Waals surface area contributed by atoms with Crippen molar-refractivity contribution in [3.63, 3.8) is 0 Å². The van der Waals surface area contributed by atoms with Gasteiger partial charge in [0.15, 0.2) is 6.29 Å². The quantitative estimate of drug-likeness (QED) is 0.170. The van der Waals surface area contributed by atoms with Crippen molar-refractivity contribution in [2.75, 3.05) is 6.61 Å². The molecule has 0 bridgehead atoms. The van der Waals surface area contributed by atoms with E-state index in [9.17, 15) is 35.1 Å². The fourth-order valence-electron chi connectivity index (χ4n) is 12.1. The first kappa shape index (κ1) is 33.5. The Bertz CT molecular complexity index is 1230. The fraction of sp³-hybridized carbons (Fsp3) is 0.889. The molecule has 0 amide bonds. The van der Waals surface area contributed by atoms with E-state index in [1.165, 1.54) is 5.57 Å². The van der Waals surface area contributed by atoms with E-state index in [1.54, 1.807) is 0 Å². The van der Waals surface area contributed by atoms with Crippen LogP contribution in [0.2, 0.25) is 0 Å². The second-order valence-electron chi connectivity index (χ2n) is 17.5. The summed E-state index contributed by atoms with van der Waals surface area (Å²) < 4.78 is 12.0. The van der Waals surface area contributed by atoms with E-state index in [0.29, 0.717) is 18.8 Å². The molecule has 9 nitrogen and oxygen atoms in total. The summed E-state index contributed by atoms with van der Waals surface area (Å²) in [4.78, 5) is 26.1. The lowest BCUT2D eigenvalue weighted by Gasteiger charge is -2.71. The van der Waals surface area contributed by atoms with Crippen LogP contribution in [0.15, 0.2) is 11.6 Å². The lowest BCUT2D eigenvalue weighted by atomic mass is 9.33. The van der Waals surface area contributed by atoms with E-state index >= 15 is 0 Å². The van der Waals surface area contributed by atoms with Gasteiger partial charge in [0.25, 0.3) is 0 Å². The predicted molar refractivity (Wildman–Crippen MR) is 166 cm³/mol. The molecule has 1 saturated heterocycles. The zero-order valence-corrected chi connectivity index (χ0v) is 28.0. The van der Waals surface area contributed by atoms with Crippen LogP contribution in [0, 0.1) is 50.2 Å². The van der Waals surface area contributed by atoms with Crippen LogP contribution in [0.3, 0.4) is 0 Å². The van der Waals surface area contributed by atoms with E-state index in [2.05, 4.69) is 40.7 Å². The van der Waals surface area contributed by atoms with Crippen molar-refractivity contribution in [3.8, 4) is 0 Å². The molecule has 0 spiro atoms. The Morgan fingerprint density at radius 1 is 0.933 bits per heavy atom. The maximum absolute atomic E-state index is 13.1. The van der Waals surface area contributed by atoms with Gasteiger partial charge in [-0.3, -0.25) is 4.79 Å². The van der Waals surface area contributed by atoms with E-state index in [-0.39, 0.29) is 33.5 Å². The second-order valence-corrected chi connectivity index (χ2v) is 17.5. The van der Waals surface area contributed by atoms with Crippen LogP contribution in [0.4, 0.5) is 0 Å². The number of allylic oxidation sites excluding steroid dienone is 2. The smallest absolute Gasteiger partial charge is 0.310 e. The van der Waals surface area contributed by atoms with Gasteiger partial charge in [-0.25, -0.2) is 0 Å². The average molecular weight is 633 g/mol. The summed E-state index contributed by atoms with van der Waals surface area (Å²) in [5.74, 6) is -0.269. The molecule has 5 N–H and O–H groups in total. The number of aliphatic carboxylic acids is 1. The molecule has 6 rings (SSSR count). The molecule has 0 aromatic rings. The normalized spacial score (nSPS) is 54.0. The Labute approximate surface area is 267 Å². The Hall–Kier alpha value is -1.36. The van der Waals surface area contributed by atoms with Crippen molar-refractivity contribution < 1.29 is 44.6 Å². The molecule has 14 atom stereocenters. The van der Waals surface area contributed by atoms with E-state index in [4.69, 9.17) is 9.47 Å². The zero-order valence-electron chi connectivity index (χ0n) is 28.0. The SMILES string of the molecule is CC1(C)CC[C@]2(C(=O)O)CC[C@]3(C)C(=CC[C@@H]4[C@@]5(C)CC[C@H](O[C@@H]6O[C@H](CO)[C@@H](O)[C@H](O)[C@H]6O)[C@@](C)(C=O)[C@@H]5CC[C@]43C)[C@@H]2C1. The van der Waals surface area contributed by atoms with Crippen molar-refractivity contribution >= 4 is 12.3 Å². The van der Waals surface area contributed by atoms with Crippen LogP contribution in [0.25, 0.3) is 0 Å². The van der Waals surface area contributed by atoms with Gasteiger partial charge in [-0.1, -0.05) is 53.2 Å². The molecule has 4 saturated carbocycles. The number of carboxylic acid groups (broad SMARTS) is 1. The number of ether oxygens (including phenoxy) is 2. The third kappa shape index (κ3) is 4.53. The van der Waals surface area contributed by atoms with Crippen LogP contribution >= 0.6 is 0 Å². The number of carboxylic acids is 1. The summed E-state index contributed by atoms with van der Waals surface area (Å²) in [6.07, 6.45) is 4.16. The van der Waals surface area contributed by atoms with Crippen LogP contribution in [-0.4, -0.2) is 81.2 Å². The van der Waals surface area contributed by atoms with Gasteiger partial charge in [0, 0.05) is 0 Å². The van der Waals surface area contributed by atoms with E-state index in [0.717, 1.165) is 57.7 Å². The molecule has 6 aliphatic rings. The molecule has 0 aromatic carbocycles. The third-order valence-corrected chi connectivity index (χ3v) is 15.1. The predicted octanol–water partition coefficient (Wildman–Crippen LogP) is 4.24. The number of fused-ring (bicyclic) bond motifs is 7. The van der Waals surface area contributed by atoms with Gasteiger partial charge in [0.05, 0.1) is 23.5 Å². The summed E-state index contributed by atoms with van der Waals surface area (Å²) in [6, 6.07) is 0. The molecule has 1 aliphatic heterocycles. The van der Waals surface area contributed by atoms with Gasteiger partial charge in [-0.2, -0.15) is 0 Å². The number of aliphatic hydroxyl groups is 4. The Kier molecular flexibility index (Phi) is 8.07. The Balaban J connectivity index is 1.31. The highest BCUT2D eigenvalue weighted by molar-refractivity contribution is 5.76. The highest BCUT2D eigenvalue weighted by Gasteiger charge is 2.70. The van der Waals surface area contributed by atoms with Crippen LogP contribution in [0.1, 0.15) is 106 Å². The van der Waals surface area contributed by atoms with E-state index < -0.39 is 60.2 Å². The molecule has 0 unspecified atom stereocenters. The van der Waals surface area contributed by atoms with Gasteiger partial charge in [0.2, 0.25) is 0 Å². The van der Waals surface area contributed by atoms with Crippen molar-refractivity contribution in [1.82, 2.24) is 0 Å². The molecule has 5 fully saturated rings. The summed E-state index contributed by atoms with van der Waals surface area (Å²) in [5.41, 5.74) is -0.420. The first-order valence-electron chi connectivity index (χ1n) is 17.3. The summed E-state index contributed by atoms with van der Waals surface area (Å²) in [5, 5.41) is 51.6. The second kappa shape index (κ2) is 10.8. The number of carbonyl (C=O) groups excluding carboxylic acids is 1. The number of rotatable bonds is 5. The largest absolute Gasteiger partial charge is 0.481 e. The summed E-state index contributed by atoms with van der Waals surface area (Å²) in [7, 11) is 0. The zero-order chi connectivity index (χ0) is 33.0. The average Bonchev–Trinajstić information content (AvgIpc) is 2.98. The minimum atomic E-state index is -1.54. The molecule has 9 heteroatoms. The van der Waals surface area contributed by atoms with Gasteiger partial charge in [-0.05, 0) is 104 Å². The standard InChI is InChI=1S/C36H56O9/c1-31(2)13-15-36(30(42)43)16-14-34(5)20(21(36)17-31)7-8-24-32(3)11-10-25(33(4,19-38)23(32)9-12-35(24,34)6)45-29-28(41)27(40)26(39)22(18-37)44-29/h7,19,21-29,37,39-41H,8-18H2,1-6H3,(H,42,43)/t21-,22+,23+,24+,25-,26+,27-,28+,29-,32-,33-,34+,35+,36-/m0/s1. The molecule has 0 radical (unpaired) electrons. The molecule has 1 heterocycles. The summed E-state index contributed by atoms with van der Waals surface area (Å²) >= 11 is 0. The number of hydrogen-bond acceptors (Lipinski definition) is 8. The minimum Gasteiger partial charge on any atom is -0.481 e. The third-order valence-electron chi connectivity index (χ3n) is 15.1. The molecule has 0 aromatic heterocycles. The molecule has 5 aliphatic carbocycles. The van der Waals surface area contributed by atoms with E-state index in [1.807, 2.05) is 6.92 Å². The highest BCUT2D eigenvalue weighted by atomic mass is 16.7. The number of hydrogen-bond donors (Lipinski definition) is 5. The minimum absolute atomic E-state index is 0.0121. The van der Waals surface area contributed by atoms with Crippen molar-refractivity contribution in [3.05, 3.63) is 11.6 Å². The summed E-state index contributed by atoms with van der Waals surface area (Å²) in [6.45, 7) is 13.2. The maximum Gasteiger partial charge on any atom is 0.310 e. The van der Waals surface area contributed by atoms with Gasteiger partial charge in [0.1, 0.15) is 30.7 Å². The highest BCUT2D eigenvalue weighted by Crippen LogP contribution is 2.75. The van der Waals surface area contributed by atoms with Crippen LogP contribution in [0.5, 0.6) is 0 Å². The first-order chi connectivity index (χ1) is 20.9. The van der Waals surface area contributed by atoms with Crippen LogP contribution in [-0.2, 0) is 19.1 Å².